The van der Waals surface area contributed by atoms with Crippen molar-refractivity contribution in [3.8, 4) is 0 Å². The van der Waals surface area contributed by atoms with Crippen LogP contribution in [0.25, 0.3) is 0 Å². The van der Waals surface area contributed by atoms with Crippen molar-refractivity contribution in [1.82, 2.24) is 10.1 Å². The van der Waals surface area contributed by atoms with Crippen molar-refractivity contribution >= 4 is 11.8 Å². The number of carbonyl (C=O) groups excluding carboxylic acids is 1. The van der Waals surface area contributed by atoms with Crippen LogP contribution in [0.3, 0.4) is 0 Å². The van der Waals surface area contributed by atoms with Crippen molar-refractivity contribution in [2.24, 2.45) is 5.41 Å². The van der Waals surface area contributed by atoms with Gasteiger partial charge in [0, 0.05) is 35.2 Å². The molecule has 0 bridgehead atoms. The molecule has 1 amide bonds. The minimum atomic E-state index is -4.44. The van der Waals surface area contributed by atoms with Gasteiger partial charge in [-0.1, -0.05) is 39.8 Å². The average Bonchev–Trinajstić information content (AvgIpc) is 2.95. The Morgan fingerprint density at radius 3 is 2.27 bits per heavy atom. The molecule has 142 valence electrons. The fourth-order valence-electron chi connectivity index (χ4n) is 2.20. The summed E-state index contributed by atoms with van der Waals surface area (Å²) in [6.07, 6.45) is -3.48. The summed E-state index contributed by atoms with van der Waals surface area (Å²) >= 11 is 0. The van der Waals surface area contributed by atoms with E-state index in [9.17, 15) is 18.0 Å². The van der Waals surface area contributed by atoms with Crippen LogP contribution in [0.1, 0.15) is 51.6 Å². The summed E-state index contributed by atoms with van der Waals surface area (Å²) in [5, 5.41) is 6.59. The number of nitrogens with zero attached hydrogens (tertiary/aromatic N) is 2. The number of hydrogen-bond donors (Lipinski definition) is 1. The molecule has 0 aliphatic rings. The molecule has 8 heteroatoms. The Labute approximate surface area is 150 Å². The lowest BCUT2D eigenvalue weighted by Crippen LogP contribution is -2.33. The summed E-state index contributed by atoms with van der Waals surface area (Å²) in [7, 11) is 0. The molecule has 2 aromatic heterocycles. The number of pyridine rings is 1. The van der Waals surface area contributed by atoms with E-state index in [-0.39, 0.29) is 23.6 Å². The molecule has 0 saturated carbocycles. The summed E-state index contributed by atoms with van der Waals surface area (Å²) in [6, 6.07) is 3.90. The van der Waals surface area contributed by atoms with Gasteiger partial charge in [0.15, 0.2) is 0 Å². The molecule has 1 N–H and O–H groups in total. The molecule has 0 radical (unpaired) electrons. The Bertz CT molecular complexity index is 772. The normalized spacial score (nSPS) is 12.9. The van der Waals surface area contributed by atoms with Crippen molar-refractivity contribution < 1.29 is 22.5 Å². The molecular weight excluding hydrogens is 347 g/mol. The van der Waals surface area contributed by atoms with Gasteiger partial charge >= 0.3 is 6.18 Å². The van der Waals surface area contributed by atoms with Crippen molar-refractivity contribution in [3.05, 3.63) is 41.3 Å². The zero-order valence-electron chi connectivity index (χ0n) is 15.4. The molecule has 0 aromatic carbocycles. The first-order valence-corrected chi connectivity index (χ1v) is 8.10. The highest BCUT2D eigenvalue weighted by molar-refractivity contribution is 5.93. The third kappa shape index (κ3) is 4.83. The van der Waals surface area contributed by atoms with Crippen LogP contribution < -0.4 is 5.32 Å². The van der Waals surface area contributed by atoms with E-state index in [2.05, 4.69) is 15.5 Å². The van der Waals surface area contributed by atoms with Crippen LogP contribution in [-0.4, -0.2) is 16.0 Å². The fraction of sp³-hybridized carbons (Fsp3) is 0.500. The minimum absolute atomic E-state index is 0.178. The highest BCUT2D eigenvalue weighted by atomic mass is 19.4. The number of nitrogens with one attached hydrogen (secondary N) is 1. The lowest BCUT2D eigenvalue weighted by molar-refractivity contribution is -0.137. The molecule has 0 fully saturated rings. The van der Waals surface area contributed by atoms with Crippen LogP contribution in [0.2, 0.25) is 0 Å². The number of anilines is 1. The van der Waals surface area contributed by atoms with Gasteiger partial charge in [0.05, 0.1) is 11.3 Å². The van der Waals surface area contributed by atoms with E-state index in [0.29, 0.717) is 11.4 Å². The lowest BCUT2D eigenvalue weighted by atomic mass is 9.86. The number of rotatable bonds is 4. The first kappa shape index (κ1) is 19.9. The van der Waals surface area contributed by atoms with Gasteiger partial charge in [-0.05, 0) is 12.1 Å². The van der Waals surface area contributed by atoms with Gasteiger partial charge in [-0.25, -0.2) is 0 Å². The maximum atomic E-state index is 12.6. The highest BCUT2D eigenvalue weighted by Crippen LogP contribution is 2.30. The average molecular weight is 369 g/mol. The number of halogens is 3. The minimum Gasteiger partial charge on any atom is -0.338 e. The summed E-state index contributed by atoms with van der Waals surface area (Å²) in [4.78, 5) is 16.3. The van der Waals surface area contributed by atoms with E-state index in [1.165, 1.54) is 6.07 Å². The highest BCUT2D eigenvalue weighted by Gasteiger charge is 2.32. The molecule has 0 spiro atoms. The maximum absolute atomic E-state index is 12.6. The van der Waals surface area contributed by atoms with E-state index >= 15 is 0 Å². The first-order chi connectivity index (χ1) is 11.8. The smallest absolute Gasteiger partial charge is 0.338 e. The molecule has 0 saturated heterocycles. The van der Waals surface area contributed by atoms with Crippen LogP contribution in [0.5, 0.6) is 0 Å². The SMILES string of the molecule is CC(C)(Cc1ccc(C(F)(F)F)cn1)C(=O)Nc1cc(C(C)(C)C)no1. The van der Waals surface area contributed by atoms with Gasteiger partial charge in [-0.3, -0.25) is 15.1 Å². The number of carbonyl (C=O) groups is 1. The topological polar surface area (TPSA) is 68.0 Å². The molecule has 2 heterocycles. The Morgan fingerprint density at radius 1 is 1.15 bits per heavy atom. The predicted octanol–water partition coefficient (Wildman–Crippen LogP) is 4.59. The number of alkyl halides is 3. The molecule has 26 heavy (non-hydrogen) atoms. The van der Waals surface area contributed by atoms with Crippen LogP contribution in [0, 0.1) is 5.41 Å². The summed E-state index contributed by atoms with van der Waals surface area (Å²) in [5.74, 6) is -0.107. The Morgan fingerprint density at radius 2 is 1.81 bits per heavy atom. The molecule has 0 unspecified atom stereocenters. The summed E-state index contributed by atoms with van der Waals surface area (Å²) < 4.78 is 42.9. The van der Waals surface area contributed by atoms with Crippen LogP contribution in [-0.2, 0) is 22.8 Å². The standard InChI is InChI=1S/C18H22F3N3O2/c1-16(2,3)13-8-14(26-24-13)23-15(25)17(4,5)9-12-7-6-11(10-22-12)18(19,20)21/h6-8,10H,9H2,1-5H3,(H,23,25). The van der Waals surface area contributed by atoms with Gasteiger partial charge in [-0.2, -0.15) is 13.2 Å². The van der Waals surface area contributed by atoms with Crippen molar-refractivity contribution in [3.63, 3.8) is 0 Å². The third-order valence-electron chi connectivity index (χ3n) is 3.91. The zero-order valence-corrected chi connectivity index (χ0v) is 15.4. The molecule has 5 nitrogen and oxygen atoms in total. The molecule has 0 aliphatic carbocycles. The van der Waals surface area contributed by atoms with Gasteiger partial charge in [-0.15, -0.1) is 0 Å². The predicted molar refractivity (Wildman–Crippen MR) is 90.6 cm³/mol. The van der Waals surface area contributed by atoms with E-state index < -0.39 is 17.2 Å². The molecule has 0 atom stereocenters. The first-order valence-electron chi connectivity index (χ1n) is 8.10. The molecule has 0 aliphatic heterocycles. The lowest BCUT2D eigenvalue weighted by Gasteiger charge is -2.22. The van der Waals surface area contributed by atoms with Gasteiger partial charge in [0.25, 0.3) is 0 Å². The van der Waals surface area contributed by atoms with Crippen molar-refractivity contribution in [2.45, 2.75) is 52.6 Å². The Balaban J connectivity index is 2.07. The van der Waals surface area contributed by atoms with E-state index in [1.807, 2.05) is 20.8 Å². The summed E-state index contributed by atoms with van der Waals surface area (Å²) in [6.45, 7) is 9.27. The number of aromatic nitrogens is 2. The van der Waals surface area contributed by atoms with Gasteiger partial charge < -0.3 is 4.52 Å². The van der Waals surface area contributed by atoms with Crippen LogP contribution in [0.15, 0.2) is 28.9 Å². The van der Waals surface area contributed by atoms with E-state index in [4.69, 9.17) is 4.52 Å². The van der Waals surface area contributed by atoms with Gasteiger partial charge in [0.1, 0.15) is 0 Å². The zero-order chi connectivity index (χ0) is 19.8. The number of amides is 1. The second-order valence-corrected chi connectivity index (χ2v) is 7.88. The summed E-state index contributed by atoms with van der Waals surface area (Å²) in [5.41, 5.74) is -0.839. The van der Waals surface area contributed by atoms with E-state index in [0.717, 1.165) is 12.3 Å². The fourth-order valence-corrected chi connectivity index (χ4v) is 2.20. The largest absolute Gasteiger partial charge is 0.417 e. The van der Waals surface area contributed by atoms with E-state index in [1.54, 1.807) is 19.9 Å². The molecule has 2 aromatic rings. The van der Waals surface area contributed by atoms with Gasteiger partial charge in [0.2, 0.25) is 11.8 Å². The second kappa shape index (κ2) is 6.74. The maximum Gasteiger partial charge on any atom is 0.417 e. The second-order valence-electron chi connectivity index (χ2n) is 7.88. The quantitative estimate of drug-likeness (QED) is 0.856. The molecule has 2 rings (SSSR count). The Hall–Kier alpha value is -2.38. The Kier molecular flexibility index (Phi) is 5.17. The third-order valence-corrected chi connectivity index (χ3v) is 3.91. The molecular formula is C18H22F3N3O2. The number of hydrogen-bond acceptors (Lipinski definition) is 4. The van der Waals surface area contributed by atoms with Crippen molar-refractivity contribution in [2.75, 3.05) is 5.32 Å². The van der Waals surface area contributed by atoms with Crippen LogP contribution >= 0.6 is 0 Å². The van der Waals surface area contributed by atoms with Crippen LogP contribution in [0.4, 0.5) is 19.1 Å². The van der Waals surface area contributed by atoms with Crippen molar-refractivity contribution in [1.29, 1.82) is 0 Å². The monoisotopic (exact) mass is 369 g/mol.